The molecule has 1 heterocycles. The third-order valence-corrected chi connectivity index (χ3v) is 4.75. The predicted molar refractivity (Wildman–Crippen MR) is 71.5 cm³/mol. The van der Waals surface area contributed by atoms with E-state index in [4.69, 9.17) is 17.1 Å². The highest BCUT2D eigenvalue weighted by Gasteiger charge is 2.58. The molecular formula is C13H15ClN4. The molecule has 1 saturated heterocycles. The van der Waals surface area contributed by atoms with E-state index in [1.807, 2.05) is 25.1 Å². The Hall–Kier alpha value is -1.22. The van der Waals surface area contributed by atoms with Gasteiger partial charge in [0.25, 0.3) is 0 Å². The van der Waals surface area contributed by atoms with Crippen LogP contribution in [0.2, 0.25) is 5.02 Å². The highest BCUT2D eigenvalue weighted by atomic mass is 35.5. The Balaban J connectivity index is 2.01. The van der Waals surface area contributed by atoms with Crippen LogP contribution < -0.4 is 5.32 Å². The number of hydrogen-bond donors (Lipinski definition) is 1. The molecule has 2 fully saturated rings. The monoisotopic (exact) mass is 262 g/mol. The van der Waals surface area contributed by atoms with Gasteiger partial charge in [0.05, 0.1) is 5.54 Å². The summed E-state index contributed by atoms with van der Waals surface area (Å²) in [6.45, 7) is 4.07. The Labute approximate surface area is 111 Å². The van der Waals surface area contributed by atoms with Gasteiger partial charge >= 0.3 is 0 Å². The van der Waals surface area contributed by atoms with Crippen molar-refractivity contribution in [3.05, 3.63) is 44.8 Å². The Bertz CT molecular complexity index is 536. The van der Waals surface area contributed by atoms with E-state index < -0.39 is 0 Å². The fourth-order valence-corrected chi connectivity index (χ4v) is 3.60. The van der Waals surface area contributed by atoms with Crippen LogP contribution in [0, 0.1) is 12.3 Å². The minimum Gasteiger partial charge on any atom is -0.316 e. The summed E-state index contributed by atoms with van der Waals surface area (Å²) in [4.78, 5) is 3.06. The molecule has 3 rings (SSSR count). The van der Waals surface area contributed by atoms with Crippen molar-refractivity contribution >= 4 is 11.6 Å². The largest absolute Gasteiger partial charge is 0.316 e. The van der Waals surface area contributed by atoms with Crippen LogP contribution in [0.5, 0.6) is 0 Å². The maximum absolute atomic E-state index is 8.86. The molecule has 1 aliphatic carbocycles. The minimum atomic E-state index is -0.383. The summed E-state index contributed by atoms with van der Waals surface area (Å²) in [6, 6.07) is 5.85. The number of halogens is 1. The van der Waals surface area contributed by atoms with Crippen LogP contribution in [0.3, 0.4) is 0 Å². The van der Waals surface area contributed by atoms with E-state index in [-0.39, 0.29) is 5.54 Å². The zero-order chi connectivity index (χ0) is 12.8. The van der Waals surface area contributed by atoms with Crippen LogP contribution >= 0.6 is 11.6 Å². The Morgan fingerprint density at radius 3 is 2.67 bits per heavy atom. The third-order valence-electron chi connectivity index (χ3n) is 4.34. The van der Waals surface area contributed by atoms with E-state index in [2.05, 4.69) is 15.3 Å². The minimum absolute atomic E-state index is 0.350. The molecule has 1 aromatic rings. The second kappa shape index (κ2) is 3.89. The van der Waals surface area contributed by atoms with E-state index in [0.29, 0.717) is 5.41 Å². The van der Waals surface area contributed by atoms with Gasteiger partial charge in [0.15, 0.2) is 0 Å². The van der Waals surface area contributed by atoms with E-state index in [1.54, 1.807) is 0 Å². The average molecular weight is 263 g/mol. The molecule has 5 heteroatoms. The Kier molecular flexibility index (Phi) is 2.56. The molecule has 0 atom stereocenters. The first-order valence-electron chi connectivity index (χ1n) is 6.14. The molecule has 1 N–H and O–H groups in total. The van der Waals surface area contributed by atoms with Crippen LogP contribution in [0.15, 0.2) is 23.3 Å². The lowest BCUT2D eigenvalue weighted by molar-refractivity contribution is -0.0230. The van der Waals surface area contributed by atoms with Gasteiger partial charge in [-0.05, 0) is 47.9 Å². The summed E-state index contributed by atoms with van der Waals surface area (Å²) in [5, 5.41) is 8.15. The van der Waals surface area contributed by atoms with Gasteiger partial charge < -0.3 is 5.32 Å². The summed E-state index contributed by atoms with van der Waals surface area (Å²) in [5.41, 5.74) is 11.0. The van der Waals surface area contributed by atoms with Crippen LogP contribution in [0.4, 0.5) is 0 Å². The summed E-state index contributed by atoms with van der Waals surface area (Å²) < 4.78 is 0. The van der Waals surface area contributed by atoms with Crippen LogP contribution in [-0.2, 0) is 5.54 Å². The number of nitrogens with one attached hydrogen (secondary N) is 1. The van der Waals surface area contributed by atoms with Crippen molar-refractivity contribution in [3.63, 3.8) is 0 Å². The van der Waals surface area contributed by atoms with Crippen molar-refractivity contribution in [1.82, 2.24) is 5.32 Å². The van der Waals surface area contributed by atoms with Gasteiger partial charge in [-0.3, -0.25) is 0 Å². The van der Waals surface area contributed by atoms with Crippen LogP contribution in [-0.4, -0.2) is 13.1 Å². The van der Waals surface area contributed by atoms with Gasteiger partial charge in [0.2, 0.25) is 0 Å². The summed E-state index contributed by atoms with van der Waals surface area (Å²) >= 11 is 6.17. The molecule has 18 heavy (non-hydrogen) atoms. The van der Waals surface area contributed by atoms with Gasteiger partial charge in [-0.25, -0.2) is 0 Å². The van der Waals surface area contributed by atoms with E-state index in [9.17, 15) is 0 Å². The number of hydrogen-bond acceptors (Lipinski definition) is 2. The van der Waals surface area contributed by atoms with Crippen molar-refractivity contribution in [2.45, 2.75) is 25.3 Å². The van der Waals surface area contributed by atoms with Gasteiger partial charge in [-0.1, -0.05) is 28.8 Å². The molecule has 0 amide bonds. The highest BCUT2D eigenvalue weighted by molar-refractivity contribution is 6.31. The first-order chi connectivity index (χ1) is 8.61. The molecular weight excluding hydrogens is 248 g/mol. The summed E-state index contributed by atoms with van der Waals surface area (Å²) in [7, 11) is 0. The maximum Gasteiger partial charge on any atom is 0.0753 e. The van der Waals surface area contributed by atoms with E-state index in [1.165, 1.54) is 0 Å². The molecule has 94 valence electrons. The molecule has 4 nitrogen and oxygen atoms in total. The Morgan fingerprint density at radius 1 is 1.39 bits per heavy atom. The second-order valence-electron chi connectivity index (χ2n) is 5.59. The highest BCUT2D eigenvalue weighted by Crippen LogP contribution is 2.59. The maximum atomic E-state index is 8.86. The lowest BCUT2D eigenvalue weighted by Crippen LogP contribution is -2.65. The first kappa shape index (κ1) is 11.8. The Morgan fingerprint density at radius 2 is 2.11 bits per heavy atom. The quantitative estimate of drug-likeness (QED) is 0.495. The van der Waals surface area contributed by atoms with Crippen molar-refractivity contribution in [2.75, 3.05) is 13.1 Å². The molecule has 0 radical (unpaired) electrons. The first-order valence-corrected chi connectivity index (χ1v) is 6.51. The molecule has 1 saturated carbocycles. The van der Waals surface area contributed by atoms with E-state index in [0.717, 1.165) is 42.1 Å². The standard InChI is InChI=1S/C13H15ClN4/c1-9-10(3-2-4-11(9)14)13(17-18-15)5-12(6-13)7-16-8-12/h2-4,16H,5-8H2,1H3. The average Bonchev–Trinajstić information content (AvgIpc) is 2.25. The second-order valence-corrected chi connectivity index (χ2v) is 6.00. The van der Waals surface area contributed by atoms with Gasteiger partial charge in [0.1, 0.15) is 0 Å². The summed E-state index contributed by atoms with van der Waals surface area (Å²) in [6.07, 6.45) is 1.86. The molecule has 2 aliphatic rings. The number of benzene rings is 1. The number of azide groups is 1. The fraction of sp³-hybridized carbons (Fsp3) is 0.538. The van der Waals surface area contributed by atoms with Crippen molar-refractivity contribution in [1.29, 1.82) is 0 Å². The molecule has 0 unspecified atom stereocenters. The SMILES string of the molecule is Cc1c(Cl)cccc1C1(N=[N+]=[N-])CC2(CNC2)C1. The molecule has 1 aromatic carbocycles. The lowest BCUT2D eigenvalue weighted by atomic mass is 9.52. The third kappa shape index (κ3) is 1.53. The van der Waals surface area contributed by atoms with Gasteiger partial charge in [-0.15, -0.1) is 0 Å². The molecule has 1 spiro atoms. The van der Waals surface area contributed by atoms with Crippen molar-refractivity contribution < 1.29 is 0 Å². The zero-order valence-corrected chi connectivity index (χ0v) is 11.0. The lowest BCUT2D eigenvalue weighted by Gasteiger charge is -2.59. The van der Waals surface area contributed by atoms with Gasteiger partial charge in [0, 0.05) is 23.0 Å². The topological polar surface area (TPSA) is 60.8 Å². The zero-order valence-electron chi connectivity index (χ0n) is 10.3. The van der Waals surface area contributed by atoms with Crippen LogP contribution in [0.1, 0.15) is 24.0 Å². The smallest absolute Gasteiger partial charge is 0.0753 e. The predicted octanol–water partition coefficient (Wildman–Crippen LogP) is 3.54. The number of rotatable bonds is 2. The van der Waals surface area contributed by atoms with Crippen molar-refractivity contribution in [2.24, 2.45) is 10.5 Å². The fourth-order valence-electron chi connectivity index (χ4n) is 3.43. The normalized spacial score (nSPS) is 22.8. The molecule has 0 aromatic heterocycles. The van der Waals surface area contributed by atoms with E-state index >= 15 is 0 Å². The summed E-state index contributed by atoms with van der Waals surface area (Å²) in [5.74, 6) is 0. The van der Waals surface area contributed by atoms with Gasteiger partial charge in [-0.2, -0.15) is 0 Å². The number of nitrogens with zero attached hydrogens (tertiary/aromatic N) is 3. The van der Waals surface area contributed by atoms with Crippen LogP contribution in [0.25, 0.3) is 10.4 Å². The molecule has 0 bridgehead atoms. The van der Waals surface area contributed by atoms with Crippen molar-refractivity contribution in [3.8, 4) is 0 Å². The molecule has 1 aliphatic heterocycles.